The van der Waals surface area contributed by atoms with Crippen molar-refractivity contribution >= 4 is 11.9 Å². The molecule has 130 valence electrons. The van der Waals surface area contributed by atoms with Gasteiger partial charge < -0.3 is 15.9 Å². The van der Waals surface area contributed by atoms with E-state index in [1.165, 1.54) is 0 Å². The summed E-state index contributed by atoms with van der Waals surface area (Å²) in [5.41, 5.74) is 11.0. The van der Waals surface area contributed by atoms with Crippen molar-refractivity contribution in [2.24, 2.45) is 21.5 Å². The van der Waals surface area contributed by atoms with Crippen molar-refractivity contribution in [3.8, 4) is 0 Å². The van der Waals surface area contributed by atoms with Gasteiger partial charge in [0.05, 0.1) is 0 Å². The van der Waals surface area contributed by atoms with E-state index in [1.54, 1.807) is 7.05 Å². The van der Waals surface area contributed by atoms with Gasteiger partial charge in [0.25, 0.3) is 0 Å². The Balaban J connectivity index is -0.000000535. The lowest BCUT2D eigenvalue weighted by Crippen LogP contribution is -2.41. The van der Waals surface area contributed by atoms with Crippen LogP contribution in [-0.4, -0.2) is 25.5 Å². The van der Waals surface area contributed by atoms with E-state index in [4.69, 9.17) is 15.9 Å². The fourth-order valence-electron chi connectivity index (χ4n) is 1.13. The van der Waals surface area contributed by atoms with Gasteiger partial charge in [-0.05, 0) is 19.1 Å². The van der Waals surface area contributed by atoms with Crippen molar-refractivity contribution < 1.29 is 4.42 Å². The second-order valence-corrected chi connectivity index (χ2v) is 3.26. The zero-order valence-corrected chi connectivity index (χ0v) is 15.5. The van der Waals surface area contributed by atoms with Crippen LogP contribution in [0.4, 0.5) is 0 Å². The first-order valence-corrected chi connectivity index (χ1v) is 7.96. The van der Waals surface area contributed by atoms with E-state index in [9.17, 15) is 0 Å². The van der Waals surface area contributed by atoms with Gasteiger partial charge in [-0.25, -0.2) is 0 Å². The van der Waals surface area contributed by atoms with E-state index >= 15 is 0 Å². The molecule has 0 bridgehead atoms. The molecule has 1 aromatic rings. The van der Waals surface area contributed by atoms with Gasteiger partial charge in [-0.1, -0.05) is 41.5 Å². The molecular formula is C16H35N5O. The van der Waals surface area contributed by atoms with Crippen LogP contribution in [0, 0.1) is 6.92 Å². The van der Waals surface area contributed by atoms with Crippen LogP contribution >= 0.6 is 0 Å². The largest absolute Gasteiger partial charge is 0.466 e. The van der Waals surface area contributed by atoms with Crippen LogP contribution in [0.5, 0.6) is 0 Å². The Morgan fingerprint density at radius 1 is 1.05 bits per heavy atom. The van der Waals surface area contributed by atoms with Crippen LogP contribution in [0.3, 0.4) is 0 Å². The van der Waals surface area contributed by atoms with E-state index in [0.29, 0.717) is 13.0 Å². The van der Waals surface area contributed by atoms with Gasteiger partial charge in [-0.3, -0.25) is 15.3 Å². The topological polar surface area (TPSA) is 102 Å². The summed E-state index contributed by atoms with van der Waals surface area (Å²) in [5, 5.41) is 2.65. The number of nitrogens with two attached hydrogens (primary N) is 2. The zero-order chi connectivity index (χ0) is 18.0. The third kappa shape index (κ3) is 14.4. The second kappa shape index (κ2) is 19.0. The molecule has 0 atom stereocenters. The highest BCUT2D eigenvalue weighted by molar-refractivity contribution is 5.96. The highest BCUT2D eigenvalue weighted by Crippen LogP contribution is 2.06. The minimum absolute atomic E-state index is 0.245. The number of guanidine groups is 2. The number of rotatable bonds is 3. The van der Waals surface area contributed by atoms with Crippen molar-refractivity contribution in [3.05, 3.63) is 23.7 Å². The highest BCUT2D eigenvalue weighted by Gasteiger charge is 1.98. The Morgan fingerprint density at radius 3 is 2.00 bits per heavy atom. The molecule has 0 saturated heterocycles. The molecule has 0 aliphatic carbocycles. The molecule has 0 aliphatic rings. The molecule has 1 rings (SSSR count). The standard InChI is InChI=1S/C10H17N5O.3C2H6/c1-7-3-4-8(16-7)5-6-14-10(12)15-9(11)13-2;3*1-2/h3-4H,5-6H2,1-2H3,(H5,11,12,13,14,15);3*1-2H3. The smallest absolute Gasteiger partial charge is 0.195 e. The summed E-state index contributed by atoms with van der Waals surface area (Å²) in [6.45, 7) is 14.4. The van der Waals surface area contributed by atoms with Crippen LogP contribution < -0.4 is 16.8 Å². The predicted molar refractivity (Wildman–Crippen MR) is 98.4 cm³/mol. The fraction of sp³-hybridized carbons (Fsp3) is 0.625. The van der Waals surface area contributed by atoms with E-state index in [-0.39, 0.29) is 11.9 Å². The minimum Gasteiger partial charge on any atom is -0.466 e. The fourth-order valence-corrected chi connectivity index (χ4v) is 1.13. The summed E-state index contributed by atoms with van der Waals surface area (Å²) in [6, 6.07) is 3.85. The molecule has 0 aromatic carbocycles. The van der Waals surface area contributed by atoms with Crippen molar-refractivity contribution in [3.63, 3.8) is 0 Å². The number of furan rings is 1. The molecule has 0 aliphatic heterocycles. The first-order chi connectivity index (χ1) is 10.6. The third-order valence-corrected chi connectivity index (χ3v) is 1.93. The Hall–Kier alpha value is -1.98. The number of hydrogen-bond donors (Lipinski definition) is 3. The van der Waals surface area contributed by atoms with Gasteiger partial charge in [-0.15, -0.1) is 0 Å². The maximum Gasteiger partial charge on any atom is 0.195 e. The van der Waals surface area contributed by atoms with Crippen LogP contribution in [0.1, 0.15) is 53.1 Å². The molecule has 0 amide bonds. The number of nitrogens with zero attached hydrogens (tertiary/aromatic N) is 2. The molecule has 1 heterocycles. The maximum absolute atomic E-state index is 5.57. The van der Waals surface area contributed by atoms with Crippen LogP contribution in [0.15, 0.2) is 26.5 Å². The average molecular weight is 313 g/mol. The Bertz CT molecular complexity index is 397. The second-order valence-electron chi connectivity index (χ2n) is 3.26. The number of nitrogens with one attached hydrogen (secondary N) is 1. The van der Waals surface area contributed by atoms with Gasteiger partial charge in [-0.2, -0.15) is 0 Å². The van der Waals surface area contributed by atoms with Gasteiger partial charge in [0.2, 0.25) is 0 Å². The first kappa shape index (κ1) is 25.0. The summed E-state index contributed by atoms with van der Waals surface area (Å²) in [4.78, 5) is 7.78. The maximum atomic E-state index is 5.57. The summed E-state index contributed by atoms with van der Waals surface area (Å²) in [7, 11) is 1.57. The normalized spacial score (nSPS) is 10.2. The van der Waals surface area contributed by atoms with E-state index < -0.39 is 0 Å². The number of aryl methyl sites for hydroxylation is 1. The van der Waals surface area contributed by atoms with Gasteiger partial charge in [0, 0.05) is 20.0 Å². The van der Waals surface area contributed by atoms with Crippen molar-refractivity contribution in [2.75, 3.05) is 13.6 Å². The molecule has 0 spiro atoms. The Kier molecular flexibility index (Phi) is 21.6. The lowest BCUT2D eigenvalue weighted by atomic mass is 10.3. The van der Waals surface area contributed by atoms with Gasteiger partial charge >= 0.3 is 0 Å². The molecule has 22 heavy (non-hydrogen) atoms. The minimum atomic E-state index is 0.245. The van der Waals surface area contributed by atoms with Crippen molar-refractivity contribution in [2.45, 2.75) is 54.9 Å². The van der Waals surface area contributed by atoms with Crippen LogP contribution in [0.25, 0.3) is 0 Å². The lowest BCUT2D eigenvalue weighted by molar-refractivity contribution is 0.484. The monoisotopic (exact) mass is 313 g/mol. The highest BCUT2D eigenvalue weighted by atomic mass is 16.3. The first-order valence-electron chi connectivity index (χ1n) is 7.96. The average Bonchev–Trinajstić information content (AvgIpc) is 2.98. The van der Waals surface area contributed by atoms with E-state index in [2.05, 4.69) is 15.3 Å². The number of aliphatic imine (C=N–C) groups is 2. The molecule has 6 nitrogen and oxygen atoms in total. The zero-order valence-electron chi connectivity index (χ0n) is 15.5. The lowest BCUT2D eigenvalue weighted by Gasteiger charge is -2.02. The quantitative estimate of drug-likeness (QED) is 0.589. The molecule has 0 radical (unpaired) electrons. The Morgan fingerprint density at radius 2 is 1.59 bits per heavy atom. The molecule has 0 saturated carbocycles. The van der Waals surface area contributed by atoms with Crippen LogP contribution in [0.2, 0.25) is 0 Å². The third-order valence-electron chi connectivity index (χ3n) is 1.93. The van der Waals surface area contributed by atoms with Gasteiger partial charge in [0.1, 0.15) is 11.5 Å². The van der Waals surface area contributed by atoms with Crippen LogP contribution in [-0.2, 0) is 6.42 Å². The van der Waals surface area contributed by atoms with Gasteiger partial charge in [0.15, 0.2) is 11.9 Å². The summed E-state index contributed by atoms with van der Waals surface area (Å²) in [5.74, 6) is 2.29. The molecule has 0 fully saturated rings. The van der Waals surface area contributed by atoms with E-state index in [0.717, 1.165) is 11.5 Å². The van der Waals surface area contributed by atoms with Crippen molar-refractivity contribution in [1.82, 2.24) is 5.32 Å². The molecule has 6 heteroatoms. The SMILES string of the molecule is CC.CC.CC.CN=C(N)NC(N)=NCCc1ccc(C)o1. The molecule has 5 N–H and O–H groups in total. The predicted octanol–water partition coefficient (Wildman–Crippen LogP) is 3.06. The molecule has 0 unspecified atom stereocenters. The summed E-state index contributed by atoms with van der Waals surface area (Å²) >= 11 is 0. The van der Waals surface area contributed by atoms with E-state index in [1.807, 2.05) is 60.6 Å². The summed E-state index contributed by atoms with van der Waals surface area (Å²) in [6.07, 6.45) is 0.708. The summed E-state index contributed by atoms with van der Waals surface area (Å²) < 4.78 is 5.39. The number of hydrogen-bond acceptors (Lipinski definition) is 3. The molecule has 1 aromatic heterocycles. The van der Waals surface area contributed by atoms with Crippen molar-refractivity contribution in [1.29, 1.82) is 0 Å². The molecular weight excluding hydrogens is 278 g/mol. The Labute approximate surface area is 136 Å².